The number of nitrogens with zero attached hydrogens (tertiary/aromatic N) is 2. The van der Waals surface area contributed by atoms with Crippen molar-refractivity contribution in [2.24, 2.45) is 0 Å². The lowest BCUT2D eigenvalue weighted by Gasteiger charge is -2.25. The van der Waals surface area contributed by atoms with E-state index in [2.05, 4.69) is 20.5 Å². The van der Waals surface area contributed by atoms with Crippen LogP contribution in [0.1, 0.15) is 18.1 Å². The Hall–Kier alpha value is -3.22. The first kappa shape index (κ1) is 13.4. The highest BCUT2D eigenvalue weighted by Gasteiger charge is 2.27. The molecular weight excluding hydrogens is 296 g/mol. The summed E-state index contributed by atoms with van der Waals surface area (Å²) in [4.78, 5) is 26.5. The lowest BCUT2D eigenvalue weighted by atomic mass is 9.99. The molecule has 1 aliphatic heterocycles. The van der Waals surface area contributed by atoms with Crippen molar-refractivity contribution in [3.05, 3.63) is 42.2 Å². The van der Waals surface area contributed by atoms with Crippen LogP contribution in [0.2, 0.25) is 0 Å². The number of benzene rings is 1. The number of fused-ring (bicyclic) bond motifs is 2. The predicted octanol–water partition coefficient (Wildman–Crippen LogP) is 2.82. The Morgan fingerprint density at radius 3 is 2.87 bits per heavy atom. The van der Waals surface area contributed by atoms with Crippen molar-refractivity contribution in [1.82, 2.24) is 15.2 Å². The third-order valence-corrected chi connectivity index (χ3v) is 3.83. The zero-order valence-electron chi connectivity index (χ0n) is 11.9. The molecule has 7 nitrogen and oxygen atoms in total. The minimum absolute atomic E-state index is 0.119. The van der Waals surface area contributed by atoms with E-state index in [1.165, 1.54) is 0 Å². The molecule has 0 aliphatic carbocycles. The lowest BCUT2D eigenvalue weighted by Crippen LogP contribution is -2.24. The maximum Gasteiger partial charge on any atom is 0.412 e. The van der Waals surface area contributed by atoms with Gasteiger partial charge in [-0.15, -0.1) is 0 Å². The molecule has 1 atom stereocenters. The Labute approximate surface area is 130 Å². The first-order valence-corrected chi connectivity index (χ1v) is 7.10. The second-order valence-corrected chi connectivity index (χ2v) is 5.21. The van der Waals surface area contributed by atoms with Crippen molar-refractivity contribution in [2.45, 2.75) is 12.5 Å². The molecule has 3 aromatic rings. The number of H-pyrrole nitrogens is 1. The number of carbonyl (C=O) groups excluding carboxylic acids is 2. The number of aldehydes is 1. The van der Waals surface area contributed by atoms with E-state index in [4.69, 9.17) is 4.74 Å². The molecule has 0 saturated heterocycles. The average Bonchev–Trinajstić information content (AvgIpc) is 2.97. The molecule has 0 fully saturated rings. The van der Waals surface area contributed by atoms with E-state index < -0.39 is 12.2 Å². The summed E-state index contributed by atoms with van der Waals surface area (Å²) >= 11 is 0. The second kappa shape index (κ2) is 5.20. The zero-order valence-corrected chi connectivity index (χ0v) is 11.9. The van der Waals surface area contributed by atoms with Crippen LogP contribution in [0.3, 0.4) is 0 Å². The average molecular weight is 308 g/mol. The normalized spacial score (nSPS) is 16.5. The first-order valence-electron chi connectivity index (χ1n) is 7.10. The Morgan fingerprint density at radius 1 is 1.26 bits per heavy atom. The third-order valence-electron chi connectivity index (χ3n) is 3.83. The van der Waals surface area contributed by atoms with Crippen LogP contribution in [-0.4, -0.2) is 27.6 Å². The van der Waals surface area contributed by atoms with Crippen LogP contribution in [-0.2, 0) is 9.53 Å². The number of ether oxygens (including phenoxy) is 1. The summed E-state index contributed by atoms with van der Waals surface area (Å²) in [5, 5.41) is 10.9. The number of amides is 1. The van der Waals surface area contributed by atoms with E-state index in [1.807, 2.05) is 18.2 Å². The fraction of sp³-hybridized carbons (Fsp3) is 0.125. The van der Waals surface area contributed by atoms with Gasteiger partial charge in [0.1, 0.15) is 18.1 Å². The van der Waals surface area contributed by atoms with E-state index in [9.17, 15) is 9.59 Å². The predicted molar refractivity (Wildman–Crippen MR) is 82.9 cm³/mol. The van der Waals surface area contributed by atoms with E-state index in [1.54, 1.807) is 18.5 Å². The van der Waals surface area contributed by atoms with Crippen LogP contribution in [0.25, 0.3) is 22.2 Å². The number of aromatic amines is 1. The van der Waals surface area contributed by atoms with Crippen molar-refractivity contribution in [3.8, 4) is 11.3 Å². The summed E-state index contributed by atoms with van der Waals surface area (Å²) < 4.78 is 5.20. The second-order valence-electron chi connectivity index (χ2n) is 5.21. The number of hydrogen-bond donors (Lipinski definition) is 2. The molecule has 0 spiro atoms. The molecule has 1 amide bonds. The Balaban J connectivity index is 1.90. The van der Waals surface area contributed by atoms with E-state index in [-0.39, 0.29) is 6.42 Å². The molecule has 0 bridgehead atoms. The fourth-order valence-electron chi connectivity index (χ4n) is 2.78. The molecule has 0 radical (unpaired) electrons. The summed E-state index contributed by atoms with van der Waals surface area (Å²) in [6, 6.07) is 7.45. The molecule has 0 saturated carbocycles. The largest absolute Gasteiger partial charge is 0.441 e. The summed E-state index contributed by atoms with van der Waals surface area (Å²) in [7, 11) is 0. The number of aromatic nitrogens is 3. The minimum atomic E-state index is -0.583. The van der Waals surface area contributed by atoms with Gasteiger partial charge in [-0.1, -0.05) is 0 Å². The van der Waals surface area contributed by atoms with Gasteiger partial charge in [-0.25, -0.2) is 4.79 Å². The zero-order chi connectivity index (χ0) is 15.8. The van der Waals surface area contributed by atoms with Gasteiger partial charge in [0.25, 0.3) is 0 Å². The minimum Gasteiger partial charge on any atom is -0.441 e. The van der Waals surface area contributed by atoms with Gasteiger partial charge >= 0.3 is 6.09 Å². The van der Waals surface area contributed by atoms with E-state index in [0.29, 0.717) is 5.69 Å². The molecule has 3 heterocycles. The maximum atomic E-state index is 11.6. The Kier molecular flexibility index (Phi) is 3.04. The standard InChI is InChI=1S/C16H12N4O3/c21-6-3-14-10-7-11-13(8-12(10)18-16(22)23-14)19-20-15(11)9-1-4-17-5-2-9/h1-2,4-8,14H,3H2,(H,18,22)(H,19,20). The number of rotatable bonds is 3. The smallest absolute Gasteiger partial charge is 0.412 e. The molecule has 23 heavy (non-hydrogen) atoms. The van der Waals surface area contributed by atoms with Gasteiger partial charge in [0.15, 0.2) is 0 Å². The van der Waals surface area contributed by atoms with Gasteiger partial charge in [-0.3, -0.25) is 15.4 Å². The molecule has 2 N–H and O–H groups in total. The third kappa shape index (κ3) is 2.22. The van der Waals surface area contributed by atoms with Crippen molar-refractivity contribution in [1.29, 1.82) is 0 Å². The van der Waals surface area contributed by atoms with Crippen molar-refractivity contribution in [3.63, 3.8) is 0 Å². The van der Waals surface area contributed by atoms with Crippen LogP contribution in [0, 0.1) is 0 Å². The number of nitrogens with one attached hydrogen (secondary N) is 2. The van der Waals surface area contributed by atoms with E-state index in [0.717, 1.165) is 34.0 Å². The number of pyridine rings is 1. The monoisotopic (exact) mass is 308 g/mol. The lowest BCUT2D eigenvalue weighted by molar-refractivity contribution is -0.109. The van der Waals surface area contributed by atoms with Crippen LogP contribution >= 0.6 is 0 Å². The van der Waals surface area contributed by atoms with Crippen LogP contribution < -0.4 is 5.32 Å². The summed E-state index contributed by atoms with van der Waals surface area (Å²) in [5.41, 5.74) is 3.90. The van der Waals surface area contributed by atoms with Crippen molar-refractivity contribution < 1.29 is 14.3 Å². The molecular formula is C16H12N4O3. The molecule has 114 valence electrons. The molecule has 2 aromatic heterocycles. The fourth-order valence-corrected chi connectivity index (χ4v) is 2.78. The number of cyclic esters (lactones) is 1. The van der Waals surface area contributed by atoms with Gasteiger partial charge in [-0.05, 0) is 24.3 Å². The highest BCUT2D eigenvalue weighted by molar-refractivity contribution is 5.99. The van der Waals surface area contributed by atoms with E-state index >= 15 is 0 Å². The highest BCUT2D eigenvalue weighted by atomic mass is 16.6. The molecule has 1 aromatic carbocycles. The topological polar surface area (TPSA) is 97.0 Å². The number of hydrogen-bond acceptors (Lipinski definition) is 5. The number of carbonyl (C=O) groups is 2. The van der Waals surface area contributed by atoms with Gasteiger partial charge < -0.3 is 9.53 Å². The van der Waals surface area contributed by atoms with Crippen molar-refractivity contribution >= 4 is 29.0 Å². The SMILES string of the molecule is O=CCC1OC(=O)Nc2cc3[nH]nc(-c4ccncc4)c3cc21. The molecule has 4 rings (SSSR count). The van der Waals surface area contributed by atoms with Crippen LogP contribution in [0.5, 0.6) is 0 Å². The Morgan fingerprint density at radius 2 is 2.09 bits per heavy atom. The first-order chi connectivity index (χ1) is 11.3. The summed E-state index contributed by atoms with van der Waals surface area (Å²) in [5.74, 6) is 0. The van der Waals surface area contributed by atoms with Crippen LogP contribution in [0.15, 0.2) is 36.7 Å². The van der Waals surface area contributed by atoms with Gasteiger partial charge in [0.05, 0.1) is 11.2 Å². The number of anilines is 1. The van der Waals surface area contributed by atoms with Gasteiger partial charge in [0, 0.05) is 35.3 Å². The summed E-state index contributed by atoms with van der Waals surface area (Å²) in [6.07, 6.45) is 3.13. The molecule has 1 unspecified atom stereocenters. The highest BCUT2D eigenvalue weighted by Crippen LogP contribution is 2.37. The molecule has 7 heteroatoms. The van der Waals surface area contributed by atoms with Crippen LogP contribution in [0.4, 0.5) is 10.5 Å². The maximum absolute atomic E-state index is 11.6. The van der Waals surface area contributed by atoms with Gasteiger partial charge in [0.2, 0.25) is 0 Å². The summed E-state index contributed by atoms with van der Waals surface area (Å²) in [6.45, 7) is 0. The Bertz CT molecular complexity index is 904. The van der Waals surface area contributed by atoms with Crippen molar-refractivity contribution in [2.75, 3.05) is 5.32 Å². The quantitative estimate of drug-likeness (QED) is 0.725. The van der Waals surface area contributed by atoms with Gasteiger partial charge in [-0.2, -0.15) is 5.10 Å². The molecule has 1 aliphatic rings.